The minimum absolute atomic E-state index is 0.237. The lowest BCUT2D eigenvalue weighted by Crippen LogP contribution is -2.34. The van der Waals surface area contributed by atoms with Crippen molar-refractivity contribution >= 4 is 11.8 Å². The molecule has 2 aromatic rings. The highest BCUT2D eigenvalue weighted by molar-refractivity contribution is 5.95. The van der Waals surface area contributed by atoms with E-state index < -0.39 is 5.82 Å². The predicted molar refractivity (Wildman–Crippen MR) is 93.4 cm³/mol. The van der Waals surface area contributed by atoms with Crippen molar-refractivity contribution in [3.05, 3.63) is 65.0 Å². The van der Waals surface area contributed by atoms with Crippen LogP contribution in [0.15, 0.2) is 42.5 Å². The number of ether oxygens (including phenoxy) is 1. The topological polar surface area (TPSA) is 67.4 Å². The van der Waals surface area contributed by atoms with E-state index in [0.717, 1.165) is 0 Å². The molecule has 0 aliphatic rings. The Morgan fingerprint density at radius 3 is 2.08 bits per heavy atom. The first-order valence-electron chi connectivity index (χ1n) is 8.06. The summed E-state index contributed by atoms with van der Waals surface area (Å²) >= 11 is 0. The van der Waals surface area contributed by atoms with Crippen LogP contribution in [0.3, 0.4) is 0 Å². The number of amides is 2. The Balaban J connectivity index is 1.77. The number of benzene rings is 2. The van der Waals surface area contributed by atoms with Gasteiger partial charge in [0.05, 0.1) is 6.61 Å². The predicted octanol–water partition coefficient (Wildman–Crippen LogP) is 2.69. The van der Waals surface area contributed by atoms with E-state index in [1.54, 1.807) is 43.3 Å². The highest BCUT2D eigenvalue weighted by Crippen LogP contribution is 2.12. The Morgan fingerprint density at radius 2 is 1.52 bits per heavy atom. The summed E-state index contributed by atoms with van der Waals surface area (Å²) in [4.78, 5) is 23.9. The Hall–Kier alpha value is -2.89. The number of carbonyl (C=O) groups is 2. The van der Waals surface area contributed by atoms with Gasteiger partial charge in [0.25, 0.3) is 11.8 Å². The van der Waals surface area contributed by atoms with Crippen molar-refractivity contribution in [3.63, 3.8) is 0 Å². The van der Waals surface area contributed by atoms with E-state index >= 15 is 0 Å². The van der Waals surface area contributed by atoms with Crippen molar-refractivity contribution in [2.75, 3.05) is 19.7 Å². The third kappa shape index (κ3) is 5.31. The minimum Gasteiger partial charge on any atom is -0.494 e. The summed E-state index contributed by atoms with van der Waals surface area (Å²) in [6.45, 7) is 4.60. The second kappa shape index (κ2) is 8.82. The van der Waals surface area contributed by atoms with Crippen LogP contribution < -0.4 is 15.4 Å². The van der Waals surface area contributed by atoms with Crippen molar-refractivity contribution in [2.45, 2.75) is 13.8 Å². The molecule has 0 spiro atoms. The monoisotopic (exact) mass is 344 g/mol. The molecule has 2 amide bonds. The number of hydrogen-bond donors (Lipinski definition) is 2. The lowest BCUT2D eigenvalue weighted by atomic mass is 10.1. The number of carbonyl (C=O) groups excluding carboxylic acids is 2. The molecule has 2 N–H and O–H groups in total. The lowest BCUT2D eigenvalue weighted by molar-refractivity contribution is 0.0927. The van der Waals surface area contributed by atoms with Crippen LogP contribution >= 0.6 is 0 Å². The van der Waals surface area contributed by atoms with E-state index in [0.29, 0.717) is 23.5 Å². The van der Waals surface area contributed by atoms with Gasteiger partial charge in [-0.25, -0.2) is 4.39 Å². The van der Waals surface area contributed by atoms with Gasteiger partial charge in [-0.3, -0.25) is 9.59 Å². The van der Waals surface area contributed by atoms with Gasteiger partial charge in [0.15, 0.2) is 0 Å². The molecule has 0 radical (unpaired) electrons. The molecule has 5 nitrogen and oxygen atoms in total. The van der Waals surface area contributed by atoms with Crippen LogP contribution in [0.5, 0.6) is 5.75 Å². The molecule has 25 heavy (non-hydrogen) atoms. The summed E-state index contributed by atoms with van der Waals surface area (Å²) in [6, 6.07) is 11.1. The van der Waals surface area contributed by atoms with Gasteiger partial charge in [-0.2, -0.15) is 0 Å². The molecule has 0 fully saturated rings. The molecule has 0 bridgehead atoms. The summed E-state index contributed by atoms with van der Waals surface area (Å²) in [6.07, 6.45) is 0. The maximum atomic E-state index is 13.5. The van der Waals surface area contributed by atoms with Gasteiger partial charge in [0, 0.05) is 24.2 Å². The largest absolute Gasteiger partial charge is 0.494 e. The fraction of sp³-hybridized carbons (Fsp3) is 0.263. The molecule has 0 saturated heterocycles. The van der Waals surface area contributed by atoms with Crippen LogP contribution in [0, 0.1) is 12.7 Å². The number of nitrogens with one attached hydrogen (secondary N) is 2. The molecule has 0 atom stereocenters. The highest BCUT2D eigenvalue weighted by Gasteiger charge is 2.08. The van der Waals surface area contributed by atoms with Crippen LogP contribution in [0.25, 0.3) is 0 Å². The second-order valence-corrected chi connectivity index (χ2v) is 5.43. The van der Waals surface area contributed by atoms with Gasteiger partial charge in [-0.1, -0.05) is 6.07 Å². The molecule has 132 valence electrons. The number of hydrogen-bond acceptors (Lipinski definition) is 3. The maximum Gasteiger partial charge on any atom is 0.251 e. The van der Waals surface area contributed by atoms with Crippen LogP contribution in [-0.4, -0.2) is 31.5 Å². The van der Waals surface area contributed by atoms with Crippen LogP contribution in [-0.2, 0) is 0 Å². The average Bonchev–Trinajstić information content (AvgIpc) is 2.61. The molecule has 0 saturated carbocycles. The highest BCUT2D eigenvalue weighted by atomic mass is 19.1. The molecule has 0 unspecified atom stereocenters. The molecule has 0 aromatic heterocycles. The van der Waals surface area contributed by atoms with E-state index in [4.69, 9.17) is 4.74 Å². The standard InChI is InChI=1S/C19H21FN2O3/c1-3-25-16-8-6-14(7-9-16)18(23)21-10-11-22-19(24)15-5-4-13(2)17(20)12-15/h4-9,12H,3,10-11H2,1-2H3,(H,21,23)(H,22,24). The molecule has 0 aliphatic heterocycles. The maximum absolute atomic E-state index is 13.5. The summed E-state index contributed by atoms with van der Waals surface area (Å²) < 4.78 is 18.8. The first kappa shape index (κ1) is 18.4. The zero-order valence-corrected chi connectivity index (χ0v) is 14.3. The SMILES string of the molecule is CCOc1ccc(C(=O)NCCNC(=O)c2ccc(C)c(F)c2)cc1. The molecule has 0 heterocycles. The van der Waals surface area contributed by atoms with Crippen molar-refractivity contribution in [3.8, 4) is 5.75 Å². The van der Waals surface area contributed by atoms with Gasteiger partial charge in [-0.05, 0) is 55.8 Å². The summed E-state index contributed by atoms with van der Waals surface area (Å²) in [5.41, 5.74) is 1.25. The van der Waals surface area contributed by atoms with Crippen molar-refractivity contribution in [2.24, 2.45) is 0 Å². The molecular weight excluding hydrogens is 323 g/mol. The van der Waals surface area contributed by atoms with E-state index in [1.807, 2.05) is 6.92 Å². The van der Waals surface area contributed by atoms with Gasteiger partial charge in [-0.15, -0.1) is 0 Å². The number of aryl methyl sites for hydroxylation is 1. The third-order valence-corrected chi connectivity index (χ3v) is 3.56. The van der Waals surface area contributed by atoms with E-state index in [2.05, 4.69) is 10.6 Å². The summed E-state index contributed by atoms with van der Waals surface area (Å²) in [5.74, 6) is -0.332. The molecule has 2 aromatic carbocycles. The minimum atomic E-state index is -0.420. The van der Waals surface area contributed by atoms with Crippen LogP contribution in [0.2, 0.25) is 0 Å². The fourth-order valence-electron chi connectivity index (χ4n) is 2.16. The van der Waals surface area contributed by atoms with E-state index in [-0.39, 0.29) is 30.5 Å². The molecule has 0 aliphatic carbocycles. The van der Waals surface area contributed by atoms with Crippen molar-refractivity contribution in [1.29, 1.82) is 0 Å². The Morgan fingerprint density at radius 1 is 0.960 bits per heavy atom. The Kier molecular flexibility index (Phi) is 6.51. The van der Waals surface area contributed by atoms with Gasteiger partial charge < -0.3 is 15.4 Å². The van der Waals surface area contributed by atoms with Crippen LogP contribution in [0.4, 0.5) is 4.39 Å². The van der Waals surface area contributed by atoms with Crippen molar-refractivity contribution in [1.82, 2.24) is 10.6 Å². The van der Waals surface area contributed by atoms with Gasteiger partial charge in [0.2, 0.25) is 0 Å². The lowest BCUT2D eigenvalue weighted by Gasteiger charge is -2.08. The number of halogens is 1. The zero-order valence-electron chi connectivity index (χ0n) is 14.3. The molecular formula is C19H21FN2O3. The van der Waals surface area contributed by atoms with Crippen molar-refractivity contribution < 1.29 is 18.7 Å². The zero-order chi connectivity index (χ0) is 18.2. The molecule has 2 rings (SSSR count). The second-order valence-electron chi connectivity index (χ2n) is 5.43. The van der Waals surface area contributed by atoms with E-state index in [1.165, 1.54) is 6.07 Å². The molecule has 6 heteroatoms. The quantitative estimate of drug-likeness (QED) is 0.759. The fourth-order valence-corrected chi connectivity index (χ4v) is 2.16. The van der Waals surface area contributed by atoms with E-state index in [9.17, 15) is 14.0 Å². The summed E-state index contributed by atoms with van der Waals surface area (Å²) in [5, 5.41) is 5.35. The average molecular weight is 344 g/mol. The first-order valence-corrected chi connectivity index (χ1v) is 8.06. The Bertz CT molecular complexity index is 745. The third-order valence-electron chi connectivity index (χ3n) is 3.56. The van der Waals surface area contributed by atoms with Gasteiger partial charge in [0.1, 0.15) is 11.6 Å². The Labute approximate surface area is 146 Å². The normalized spacial score (nSPS) is 10.2. The summed E-state index contributed by atoms with van der Waals surface area (Å²) in [7, 11) is 0. The number of rotatable bonds is 7. The van der Waals surface area contributed by atoms with Gasteiger partial charge >= 0.3 is 0 Å². The smallest absolute Gasteiger partial charge is 0.251 e. The first-order chi connectivity index (χ1) is 12.0. The van der Waals surface area contributed by atoms with Crippen LogP contribution in [0.1, 0.15) is 33.2 Å².